The first-order valence-corrected chi connectivity index (χ1v) is 10.7. The molecule has 3 aliphatic rings. The first-order valence-electron chi connectivity index (χ1n) is 10.7. The smallest absolute Gasteiger partial charge is 0.198 e. The van der Waals surface area contributed by atoms with Crippen molar-refractivity contribution in [2.45, 2.75) is 57.2 Å². The van der Waals surface area contributed by atoms with Crippen molar-refractivity contribution in [3.63, 3.8) is 0 Å². The quantitative estimate of drug-likeness (QED) is 0.708. The number of para-hydroxylation sites is 1. The Balaban J connectivity index is 1.54. The van der Waals surface area contributed by atoms with Crippen LogP contribution in [0.25, 0.3) is 0 Å². The van der Waals surface area contributed by atoms with Gasteiger partial charge >= 0.3 is 0 Å². The molecule has 29 heavy (non-hydrogen) atoms. The lowest BCUT2D eigenvalue weighted by Crippen LogP contribution is -2.54. The molecule has 1 fully saturated rings. The van der Waals surface area contributed by atoms with Gasteiger partial charge in [-0.3, -0.25) is 0 Å². The number of ether oxygens (including phenoxy) is 3. The van der Waals surface area contributed by atoms with Gasteiger partial charge < -0.3 is 14.2 Å². The lowest BCUT2D eigenvalue weighted by molar-refractivity contribution is -0.141. The number of hydrogen-bond acceptors (Lipinski definition) is 5. The minimum absolute atomic E-state index is 0.188. The van der Waals surface area contributed by atoms with Crippen LogP contribution in [0.2, 0.25) is 0 Å². The minimum atomic E-state index is -0.364. The molecule has 2 aliphatic heterocycles. The molecule has 0 unspecified atom stereocenters. The van der Waals surface area contributed by atoms with Gasteiger partial charge in [0.15, 0.2) is 17.2 Å². The largest absolute Gasteiger partial charge is 0.494 e. The van der Waals surface area contributed by atoms with Gasteiger partial charge in [-0.1, -0.05) is 18.6 Å². The first kappa shape index (κ1) is 18.3. The van der Waals surface area contributed by atoms with E-state index in [2.05, 4.69) is 23.2 Å². The number of methoxy groups -OCH3 is 1. The first-order chi connectivity index (χ1) is 14.2. The number of hydrogen-bond donors (Lipinski definition) is 0. The summed E-state index contributed by atoms with van der Waals surface area (Å²) in [5.74, 6) is 2.62. The van der Waals surface area contributed by atoms with Gasteiger partial charge in [0.2, 0.25) is 0 Å². The number of hydrazone groups is 1. The second-order valence-electron chi connectivity index (χ2n) is 8.06. The molecular formula is C24H28N2O3. The summed E-state index contributed by atoms with van der Waals surface area (Å²) < 4.78 is 17.9. The van der Waals surface area contributed by atoms with Crippen LogP contribution in [0.3, 0.4) is 0 Å². The summed E-state index contributed by atoms with van der Waals surface area (Å²) in [6, 6.07) is 14.7. The van der Waals surface area contributed by atoms with Crippen molar-refractivity contribution in [2.75, 3.05) is 13.7 Å². The summed E-state index contributed by atoms with van der Waals surface area (Å²) >= 11 is 0. The van der Waals surface area contributed by atoms with Crippen LogP contribution in [0.4, 0.5) is 0 Å². The summed E-state index contributed by atoms with van der Waals surface area (Å²) in [6.45, 7) is 2.68. The van der Waals surface area contributed by atoms with E-state index in [9.17, 15) is 0 Å². The van der Waals surface area contributed by atoms with Crippen molar-refractivity contribution in [3.05, 3.63) is 53.6 Å². The highest BCUT2D eigenvalue weighted by Crippen LogP contribution is 2.53. The predicted octanol–water partition coefficient (Wildman–Crippen LogP) is 5.30. The van der Waals surface area contributed by atoms with Crippen LogP contribution in [0.1, 0.15) is 62.6 Å². The van der Waals surface area contributed by atoms with Crippen molar-refractivity contribution in [1.29, 1.82) is 0 Å². The van der Waals surface area contributed by atoms with Gasteiger partial charge in [-0.15, -0.1) is 0 Å². The van der Waals surface area contributed by atoms with E-state index in [4.69, 9.17) is 19.3 Å². The molecular weight excluding hydrogens is 364 g/mol. The molecule has 2 heterocycles. The summed E-state index contributed by atoms with van der Waals surface area (Å²) in [5, 5.41) is 7.39. The fourth-order valence-corrected chi connectivity index (χ4v) is 4.95. The molecule has 1 aliphatic carbocycles. The maximum Gasteiger partial charge on any atom is 0.198 e. The molecule has 1 spiro atoms. The second kappa shape index (κ2) is 7.29. The maximum absolute atomic E-state index is 6.71. The zero-order valence-electron chi connectivity index (χ0n) is 17.2. The third-order valence-corrected chi connectivity index (χ3v) is 6.34. The summed E-state index contributed by atoms with van der Waals surface area (Å²) in [7, 11) is 1.72. The van der Waals surface area contributed by atoms with Crippen LogP contribution in [0, 0.1) is 0 Å². The third kappa shape index (κ3) is 3.04. The van der Waals surface area contributed by atoms with E-state index in [0.29, 0.717) is 6.61 Å². The van der Waals surface area contributed by atoms with Gasteiger partial charge in [0, 0.05) is 24.8 Å². The predicted molar refractivity (Wildman–Crippen MR) is 113 cm³/mol. The van der Waals surface area contributed by atoms with E-state index in [1.807, 2.05) is 31.2 Å². The lowest BCUT2D eigenvalue weighted by atomic mass is 9.86. The molecule has 0 radical (unpaired) electrons. The van der Waals surface area contributed by atoms with Crippen molar-refractivity contribution in [1.82, 2.24) is 5.01 Å². The van der Waals surface area contributed by atoms with Crippen molar-refractivity contribution >= 4 is 5.71 Å². The third-order valence-electron chi connectivity index (χ3n) is 6.34. The average molecular weight is 392 g/mol. The van der Waals surface area contributed by atoms with E-state index in [1.165, 1.54) is 24.8 Å². The molecule has 5 heteroatoms. The Hall–Kier alpha value is -2.69. The van der Waals surface area contributed by atoms with Crippen LogP contribution >= 0.6 is 0 Å². The van der Waals surface area contributed by atoms with Crippen LogP contribution in [0.5, 0.6) is 17.2 Å². The van der Waals surface area contributed by atoms with Gasteiger partial charge in [0.25, 0.3) is 0 Å². The van der Waals surface area contributed by atoms with Crippen molar-refractivity contribution < 1.29 is 14.2 Å². The number of fused-ring (bicyclic) bond motifs is 4. The SMILES string of the molecule is CCOc1ccc(C2=NN3[C@H](C2)c2cccc(OC)c2OC32CCCCC2)cc1. The fraction of sp³-hybridized carbons (Fsp3) is 0.458. The highest BCUT2D eigenvalue weighted by atomic mass is 16.5. The molecule has 152 valence electrons. The van der Waals surface area contributed by atoms with Crippen LogP contribution in [0.15, 0.2) is 47.6 Å². The Kier molecular flexibility index (Phi) is 4.61. The Labute approximate surface area is 172 Å². The normalized spacial score (nSPS) is 21.8. The molecule has 1 saturated carbocycles. The molecule has 2 aromatic carbocycles. The molecule has 0 N–H and O–H groups in total. The van der Waals surface area contributed by atoms with Gasteiger partial charge in [-0.05, 0) is 55.7 Å². The highest BCUT2D eigenvalue weighted by molar-refractivity contribution is 6.02. The Morgan fingerprint density at radius 1 is 1.10 bits per heavy atom. The topological polar surface area (TPSA) is 43.3 Å². The summed E-state index contributed by atoms with van der Waals surface area (Å²) in [6.07, 6.45) is 6.47. The zero-order valence-corrected chi connectivity index (χ0v) is 17.2. The zero-order chi connectivity index (χ0) is 19.8. The molecule has 0 saturated heterocycles. The number of rotatable bonds is 4. The minimum Gasteiger partial charge on any atom is -0.494 e. The van der Waals surface area contributed by atoms with E-state index in [1.54, 1.807) is 7.11 Å². The Morgan fingerprint density at radius 3 is 2.62 bits per heavy atom. The number of nitrogens with zero attached hydrogens (tertiary/aromatic N) is 2. The summed E-state index contributed by atoms with van der Waals surface area (Å²) in [4.78, 5) is 0. The molecule has 1 atom stereocenters. The molecule has 5 nitrogen and oxygen atoms in total. The maximum atomic E-state index is 6.71. The molecule has 0 amide bonds. The summed E-state index contributed by atoms with van der Waals surface area (Å²) in [5.41, 5.74) is 3.07. The highest BCUT2D eigenvalue weighted by Gasteiger charge is 2.51. The fourth-order valence-electron chi connectivity index (χ4n) is 4.95. The van der Waals surface area contributed by atoms with Crippen LogP contribution in [-0.2, 0) is 0 Å². The monoisotopic (exact) mass is 392 g/mol. The molecule has 0 aromatic heterocycles. The Morgan fingerprint density at radius 2 is 1.90 bits per heavy atom. The van der Waals surface area contributed by atoms with Gasteiger partial charge in [0.05, 0.1) is 25.5 Å². The second-order valence-corrected chi connectivity index (χ2v) is 8.06. The standard InChI is InChI=1S/C24H28N2O3/c1-3-28-18-12-10-17(11-13-18)20-16-21-19-8-7-9-22(27-2)23(19)29-24(26(21)25-20)14-5-4-6-15-24/h7-13,21H,3-6,14-16H2,1-2H3/t21-/m1/s1. The van der Waals surface area contributed by atoms with Gasteiger partial charge in [-0.2, -0.15) is 5.10 Å². The lowest BCUT2D eigenvalue weighted by Gasteiger charge is -2.49. The van der Waals surface area contributed by atoms with Crippen molar-refractivity contribution in [2.24, 2.45) is 5.10 Å². The van der Waals surface area contributed by atoms with E-state index in [-0.39, 0.29) is 11.8 Å². The van der Waals surface area contributed by atoms with E-state index < -0.39 is 0 Å². The van der Waals surface area contributed by atoms with Crippen molar-refractivity contribution in [3.8, 4) is 17.2 Å². The molecule has 5 rings (SSSR count). The average Bonchev–Trinajstić information content (AvgIpc) is 3.22. The Bertz CT molecular complexity index is 916. The van der Waals surface area contributed by atoms with E-state index in [0.717, 1.165) is 47.8 Å². The molecule has 2 aromatic rings. The van der Waals surface area contributed by atoms with Crippen LogP contribution in [-0.4, -0.2) is 30.2 Å². The molecule has 0 bridgehead atoms. The number of benzene rings is 2. The van der Waals surface area contributed by atoms with Crippen LogP contribution < -0.4 is 14.2 Å². The van der Waals surface area contributed by atoms with Gasteiger partial charge in [0.1, 0.15) is 5.75 Å². The van der Waals surface area contributed by atoms with E-state index >= 15 is 0 Å². The van der Waals surface area contributed by atoms with Gasteiger partial charge in [-0.25, -0.2) is 5.01 Å².